The molecule has 0 unspecified atom stereocenters. The van der Waals surface area contributed by atoms with E-state index in [-0.39, 0.29) is 17.3 Å². The van der Waals surface area contributed by atoms with Gasteiger partial charge in [0, 0.05) is 30.2 Å². The minimum atomic E-state index is -3.42. The average Bonchev–Trinajstić information content (AvgIpc) is 3.29. The van der Waals surface area contributed by atoms with Gasteiger partial charge in [0.15, 0.2) is 0 Å². The number of thiophene rings is 1. The maximum atomic E-state index is 12.5. The molecule has 1 aliphatic heterocycles. The highest BCUT2D eigenvalue weighted by Gasteiger charge is 2.26. The third kappa shape index (κ3) is 4.70. The predicted octanol–water partition coefficient (Wildman–Crippen LogP) is 2.60. The fourth-order valence-electron chi connectivity index (χ4n) is 2.96. The van der Waals surface area contributed by atoms with Gasteiger partial charge in [-0.1, -0.05) is 6.07 Å². The van der Waals surface area contributed by atoms with Crippen LogP contribution in [0.25, 0.3) is 0 Å². The number of carbonyl (C=O) groups excluding carboxylic acids is 1. The lowest BCUT2D eigenvalue weighted by molar-refractivity contribution is -0.117. The Hall–Kier alpha value is -1.74. The van der Waals surface area contributed by atoms with E-state index in [1.165, 1.54) is 9.18 Å². The Morgan fingerprint density at radius 3 is 2.50 bits per heavy atom. The second-order valence-corrected chi connectivity index (χ2v) is 9.41. The van der Waals surface area contributed by atoms with Crippen molar-refractivity contribution in [3.8, 4) is 0 Å². The zero-order valence-electron chi connectivity index (χ0n) is 14.7. The summed E-state index contributed by atoms with van der Waals surface area (Å²) >= 11 is 1.66. The minimum absolute atomic E-state index is 0.126. The Labute approximate surface area is 158 Å². The van der Waals surface area contributed by atoms with Crippen LogP contribution in [0.15, 0.2) is 46.7 Å². The average molecular weight is 394 g/mol. The molecule has 1 saturated heterocycles. The van der Waals surface area contributed by atoms with Crippen molar-refractivity contribution in [2.45, 2.75) is 24.3 Å². The van der Waals surface area contributed by atoms with E-state index in [2.05, 4.69) is 5.32 Å². The number of hydrogen-bond donors (Lipinski definition) is 1. The monoisotopic (exact) mass is 393 g/mol. The van der Waals surface area contributed by atoms with Crippen molar-refractivity contribution >= 4 is 33.0 Å². The lowest BCUT2D eigenvalue weighted by Crippen LogP contribution is -2.29. The van der Waals surface area contributed by atoms with E-state index in [9.17, 15) is 13.2 Å². The molecule has 1 aromatic carbocycles. The topological polar surface area (TPSA) is 69.7 Å². The van der Waals surface area contributed by atoms with Crippen LogP contribution in [0.2, 0.25) is 0 Å². The Morgan fingerprint density at radius 2 is 1.88 bits per heavy atom. The first kappa shape index (κ1) is 19.0. The number of anilines is 1. The predicted molar refractivity (Wildman–Crippen MR) is 104 cm³/mol. The Morgan fingerprint density at radius 1 is 1.19 bits per heavy atom. The van der Waals surface area contributed by atoms with Gasteiger partial charge < -0.3 is 5.32 Å². The molecule has 0 saturated carbocycles. The number of sulfonamides is 1. The summed E-state index contributed by atoms with van der Waals surface area (Å²) < 4.78 is 26.5. The van der Waals surface area contributed by atoms with E-state index < -0.39 is 10.0 Å². The molecule has 140 valence electrons. The Bertz CT molecular complexity index is 827. The summed E-state index contributed by atoms with van der Waals surface area (Å²) in [4.78, 5) is 15.6. The highest BCUT2D eigenvalue weighted by molar-refractivity contribution is 7.89. The number of nitrogens with zero attached hydrogens (tertiary/aromatic N) is 2. The lowest BCUT2D eigenvalue weighted by Gasteiger charge is -2.17. The first-order valence-electron chi connectivity index (χ1n) is 8.56. The fourth-order valence-corrected chi connectivity index (χ4v) is 5.26. The van der Waals surface area contributed by atoms with Crippen LogP contribution < -0.4 is 5.32 Å². The molecule has 8 heteroatoms. The second-order valence-electron chi connectivity index (χ2n) is 6.44. The van der Waals surface area contributed by atoms with Crippen molar-refractivity contribution in [3.63, 3.8) is 0 Å². The quantitative estimate of drug-likeness (QED) is 0.785. The molecular formula is C18H23N3O3S2. The van der Waals surface area contributed by atoms with Crippen LogP contribution in [0.4, 0.5) is 5.69 Å². The number of carbonyl (C=O) groups is 1. The summed E-state index contributed by atoms with van der Waals surface area (Å²) in [5, 5.41) is 4.83. The van der Waals surface area contributed by atoms with Crippen LogP contribution in [0.5, 0.6) is 0 Å². The fraction of sp³-hybridized carbons (Fsp3) is 0.389. The van der Waals surface area contributed by atoms with Gasteiger partial charge in [-0.15, -0.1) is 11.3 Å². The van der Waals surface area contributed by atoms with Crippen LogP contribution in [0.1, 0.15) is 17.7 Å². The molecular weight excluding hydrogens is 370 g/mol. The zero-order valence-corrected chi connectivity index (χ0v) is 16.4. The maximum Gasteiger partial charge on any atom is 0.243 e. The summed E-state index contributed by atoms with van der Waals surface area (Å²) in [5.41, 5.74) is 0.597. The second kappa shape index (κ2) is 8.30. The van der Waals surface area contributed by atoms with E-state index in [1.807, 2.05) is 29.5 Å². The van der Waals surface area contributed by atoms with Gasteiger partial charge in [0.1, 0.15) is 0 Å². The van der Waals surface area contributed by atoms with Gasteiger partial charge in [-0.3, -0.25) is 9.69 Å². The first-order chi connectivity index (χ1) is 12.4. The highest BCUT2D eigenvalue weighted by Crippen LogP contribution is 2.22. The smallest absolute Gasteiger partial charge is 0.243 e. The van der Waals surface area contributed by atoms with Crippen molar-refractivity contribution in [2.75, 3.05) is 32.0 Å². The van der Waals surface area contributed by atoms with Gasteiger partial charge in [-0.05, 0) is 55.6 Å². The summed E-state index contributed by atoms with van der Waals surface area (Å²) in [5.74, 6) is -0.126. The van der Waals surface area contributed by atoms with Crippen molar-refractivity contribution in [1.82, 2.24) is 9.21 Å². The molecule has 1 aliphatic rings. The SMILES string of the molecule is CN(CC(=O)Nc1ccc(S(=O)(=O)N2CCCC2)cc1)Cc1cccs1. The molecule has 1 aromatic heterocycles. The lowest BCUT2D eigenvalue weighted by atomic mass is 10.3. The van der Waals surface area contributed by atoms with E-state index in [0.29, 0.717) is 18.8 Å². The summed E-state index contributed by atoms with van der Waals surface area (Å²) in [6, 6.07) is 10.4. The Balaban J connectivity index is 1.56. The molecule has 6 nitrogen and oxygen atoms in total. The van der Waals surface area contributed by atoms with Crippen molar-refractivity contribution in [2.24, 2.45) is 0 Å². The van der Waals surface area contributed by atoms with Crippen molar-refractivity contribution in [3.05, 3.63) is 46.7 Å². The van der Waals surface area contributed by atoms with E-state index in [0.717, 1.165) is 19.4 Å². The minimum Gasteiger partial charge on any atom is -0.325 e. The normalized spacial score (nSPS) is 15.5. The number of benzene rings is 1. The molecule has 1 N–H and O–H groups in total. The molecule has 3 rings (SSSR count). The third-order valence-electron chi connectivity index (χ3n) is 4.26. The van der Waals surface area contributed by atoms with Gasteiger partial charge in [0.2, 0.25) is 15.9 Å². The van der Waals surface area contributed by atoms with Gasteiger partial charge in [-0.25, -0.2) is 8.42 Å². The molecule has 2 heterocycles. The molecule has 2 aromatic rings. The van der Waals surface area contributed by atoms with Crippen LogP contribution >= 0.6 is 11.3 Å². The third-order valence-corrected chi connectivity index (χ3v) is 7.03. The van der Waals surface area contributed by atoms with E-state index in [1.54, 1.807) is 35.6 Å². The summed E-state index contributed by atoms with van der Waals surface area (Å²) in [6.07, 6.45) is 1.82. The highest BCUT2D eigenvalue weighted by atomic mass is 32.2. The number of nitrogens with one attached hydrogen (secondary N) is 1. The van der Waals surface area contributed by atoms with Crippen LogP contribution in [-0.4, -0.2) is 50.2 Å². The van der Waals surface area contributed by atoms with Gasteiger partial charge in [0.05, 0.1) is 11.4 Å². The zero-order chi connectivity index (χ0) is 18.6. The largest absolute Gasteiger partial charge is 0.325 e. The number of hydrogen-bond acceptors (Lipinski definition) is 5. The summed E-state index contributed by atoms with van der Waals surface area (Å²) in [6.45, 7) is 2.15. The van der Waals surface area contributed by atoms with E-state index in [4.69, 9.17) is 0 Å². The molecule has 1 amide bonds. The van der Waals surface area contributed by atoms with Gasteiger partial charge in [-0.2, -0.15) is 4.31 Å². The molecule has 0 radical (unpaired) electrons. The van der Waals surface area contributed by atoms with Crippen LogP contribution in [0.3, 0.4) is 0 Å². The molecule has 0 spiro atoms. The molecule has 0 atom stereocenters. The standard InChI is InChI=1S/C18H23N3O3S2/c1-20(13-16-5-4-12-25-16)14-18(22)19-15-6-8-17(9-7-15)26(23,24)21-10-2-3-11-21/h4-9,12H,2-3,10-11,13-14H2,1H3,(H,19,22). The van der Waals surface area contributed by atoms with Crippen LogP contribution in [0, 0.1) is 0 Å². The van der Waals surface area contributed by atoms with Crippen LogP contribution in [-0.2, 0) is 21.4 Å². The first-order valence-corrected chi connectivity index (χ1v) is 10.9. The molecule has 0 bridgehead atoms. The molecule has 1 fully saturated rings. The number of rotatable bonds is 7. The summed E-state index contributed by atoms with van der Waals surface area (Å²) in [7, 11) is -1.52. The van der Waals surface area contributed by atoms with Gasteiger partial charge >= 0.3 is 0 Å². The van der Waals surface area contributed by atoms with Crippen molar-refractivity contribution < 1.29 is 13.2 Å². The van der Waals surface area contributed by atoms with E-state index >= 15 is 0 Å². The maximum absolute atomic E-state index is 12.5. The van der Waals surface area contributed by atoms with Crippen molar-refractivity contribution in [1.29, 1.82) is 0 Å². The molecule has 26 heavy (non-hydrogen) atoms. The number of likely N-dealkylation sites (N-methyl/N-ethyl adjacent to an activating group) is 1. The van der Waals surface area contributed by atoms with Gasteiger partial charge in [0.25, 0.3) is 0 Å². The molecule has 0 aliphatic carbocycles. The number of amides is 1. The Kier molecular flexibility index (Phi) is 6.08.